The van der Waals surface area contributed by atoms with Gasteiger partial charge in [-0.3, -0.25) is 9.69 Å². The summed E-state index contributed by atoms with van der Waals surface area (Å²) in [7, 11) is 1.89. The van der Waals surface area contributed by atoms with Crippen molar-refractivity contribution >= 4 is 33.3 Å². The summed E-state index contributed by atoms with van der Waals surface area (Å²) >= 11 is 1.69. The van der Waals surface area contributed by atoms with Gasteiger partial charge in [-0.15, -0.1) is 11.3 Å². The number of likely N-dealkylation sites (N-methyl/N-ethyl adjacent to an activating group) is 1. The molecule has 2 fully saturated rings. The van der Waals surface area contributed by atoms with Gasteiger partial charge in [-0.1, -0.05) is 0 Å². The highest BCUT2D eigenvalue weighted by atomic mass is 32.1. The quantitative estimate of drug-likeness (QED) is 0.784. The van der Waals surface area contributed by atoms with Gasteiger partial charge in [0.05, 0.1) is 10.2 Å². The van der Waals surface area contributed by atoms with Crippen LogP contribution in [0, 0.1) is 6.92 Å². The van der Waals surface area contributed by atoms with E-state index in [0.29, 0.717) is 6.54 Å². The molecule has 1 amide bonds. The van der Waals surface area contributed by atoms with Crippen LogP contribution in [0.2, 0.25) is 0 Å². The fourth-order valence-electron chi connectivity index (χ4n) is 3.34. The van der Waals surface area contributed by atoms with Crippen molar-refractivity contribution in [2.24, 2.45) is 0 Å². The van der Waals surface area contributed by atoms with E-state index in [2.05, 4.69) is 32.1 Å². The standard InChI is InChI=1S/C15H19N5OS/c1-10-8-22-13-12(10)16-9-17-14(13)20-6-5-19-4-3-18(2)15(21)11(19)7-20/h8-9,11H,3-7H2,1-2H3/t11-/m1/s1. The number of amides is 1. The number of aryl methyl sites for hydroxylation is 1. The van der Waals surface area contributed by atoms with Gasteiger partial charge in [-0.05, 0) is 17.9 Å². The summed E-state index contributed by atoms with van der Waals surface area (Å²) in [5.74, 6) is 1.20. The average molecular weight is 317 g/mol. The lowest BCUT2D eigenvalue weighted by Gasteiger charge is -2.45. The summed E-state index contributed by atoms with van der Waals surface area (Å²) in [6.07, 6.45) is 1.64. The first-order chi connectivity index (χ1) is 10.6. The fourth-order valence-corrected chi connectivity index (χ4v) is 4.36. The highest BCUT2D eigenvalue weighted by molar-refractivity contribution is 7.18. The molecule has 0 unspecified atom stereocenters. The van der Waals surface area contributed by atoms with Gasteiger partial charge >= 0.3 is 0 Å². The van der Waals surface area contributed by atoms with Gasteiger partial charge in [0.25, 0.3) is 0 Å². The van der Waals surface area contributed by atoms with Gasteiger partial charge in [0.1, 0.15) is 18.2 Å². The molecule has 4 heterocycles. The number of carbonyl (C=O) groups excluding carboxylic acids is 1. The zero-order valence-corrected chi connectivity index (χ0v) is 13.6. The van der Waals surface area contributed by atoms with Gasteiger partial charge in [0, 0.05) is 39.8 Å². The fraction of sp³-hybridized carbons (Fsp3) is 0.533. The summed E-state index contributed by atoms with van der Waals surface area (Å²) in [5, 5.41) is 2.12. The smallest absolute Gasteiger partial charge is 0.241 e. The molecule has 6 nitrogen and oxygen atoms in total. The number of aromatic nitrogens is 2. The molecule has 0 saturated carbocycles. The van der Waals surface area contributed by atoms with Crippen molar-refractivity contribution in [3.05, 3.63) is 17.3 Å². The van der Waals surface area contributed by atoms with Crippen LogP contribution in [0.1, 0.15) is 5.56 Å². The van der Waals surface area contributed by atoms with Crippen LogP contribution in [0.5, 0.6) is 0 Å². The molecule has 2 aromatic rings. The lowest BCUT2D eigenvalue weighted by Crippen LogP contribution is -2.64. The Kier molecular flexibility index (Phi) is 3.27. The molecule has 0 spiro atoms. The van der Waals surface area contributed by atoms with Gasteiger partial charge in [0.15, 0.2) is 0 Å². The minimum Gasteiger partial charge on any atom is -0.352 e. The molecule has 2 saturated heterocycles. The van der Waals surface area contributed by atoms with Crippen LogP contribution in [0.15, 0.2) is 11.7 Å². The Bertz CT molecular complexity index is 730. The van der Waals surface area contributed by atoms with E-state index in [1.165, 1.54) is 5.56 Å². The zero-order chi connectivity index (χ0) is 15.3. The molecular weight excluding hydrogens is 298 g/mol. The molecule has 1 atom stereocenters. The molecule has 0 aromatic carbocycles. The van der Waals surface area contributed by atoms with Crippen molar-refractivity contribution < 1.29 is 4.79 Å². The third-order valence-corrected chi connectivity index (χ3v) is 5.77. The number of thiophene rings is 1. The lowest BCUT2D eigenvalue weighted by atomic mass is 10.1. The van der Waals surface area contributed by atoms with Crippen LogP contribution < -0.4 is 4.90 Å². The second-order valence-corrected chi connectivity index (χ2v) is 6.93. The Morgan fingerprint density at radius 1 is 1.23 bits per heavy atom. The Labute approximate surface area is 133 Å². The van der Waals surface area contributed by atoms with E-state index in [9.17, 15) is 4.79 Å². The molecule has 0 N–H and O–H groups in total. The summed E-state index contributed by atoms with van der Waals surface area (Å²) < 4.78 is 1.13. The van der Waals surface area contributed by atoms with Gasteiger partial charge < -0.3 is 9.80 Å². The third kappa shape index (κ3) is 2.07. The van der Waals surface area contributed by atoms with Crippen LogP contribution >= 0.6 is 11.3 Å². The number of rotatable bonds is 1. The van der Waals surface area contributed by atoms with Crippen molar-refractivity contribution in [2.75, 3.05) is 44.7 Å². The first-order valence-corrected chi connectivity index (χ1v) is 8.46. The van der Waals surface area contributed by atoms with Crippen molar-refractivity contribution in [3.63, 3.8) is 0 Å². The van der Waals surface area contributed by atoms with Crippen LogP contribution in [0.3, 0.4) is 0 Å². The molecule has 0 aliphatic carbocycles. The highest BCUT2D eigenvalue weighted by Gasteiger charge is 2.38. The van der Waals surface area contributed by atoms with Gasteiger partial charge in [-0.25, -0.2) is 9.97 Å². The van der Waals surface area contributed by atoms with Crippen molar-refractivity contribution in [3.8, 4) is 0 Å². The van der Waals surface area contributed by atoms with E-state index in [0.717, 1.165) is 42.2 Å². The van der Waals surface area contributed by atoms with E-state index in [1.807, 2.05) is 11.9 Å². The number of fused-ring (bicyclic) bond motifs is 2. The van der Waals surface area contributed by atoms with Crippen LogP contribution in [-0.4, -0.2) is 71.5 Å². The van der Waals surface area contributed by atoms with E-state index in [-0.39, 0.29) is 11.9 Å². The minimum absolute atomic E-state index is 0.0430. The van der Waals surface area contributed by atoms with Crippen LogP contribution in [0.25, 0.3) is 10.2 Å². The number of hydrogen-bond acceptors (Lipinski definition) is 6. The van der Waals surface area contributed by atoms with Crippen LogP contribution in [0.4, 0.5) is 5.82 Å². The average Bonchev–Trinajstić information content (AvgIpc) is 2.92. The molecule has 0 bridgehead atoms. The predicted octanol–water partition coefficient (Wildman–Crippen LogP) is 0.962. The lowest BCUT2D eigenvalue weighted by molar-refractivity contribution is -0.140. The topological polar surface area (TPSA) is 52.6 Å². The SMILES string of the molecule is Cc1csc2c(N3CCN4CCN(C)C(=O)[C@H]4C3)ncnc12. The van der Waals surface area contributed by atoms with Crippen molar-refractivity contribution in [1.29, 1.82) is 0 Å². The number of piperazine rings is 2. The molecular formula is C15H19N5OS. The van der Waals surface area contributed by atoms with E-state index in [4.69, 9.17) is 0 Å². The van der Waals surface area contributed by atoms with E-state index < -0.39 is 0 Å². The second-order valence-electron chi connectivity index (χ2n) is 6.05. The molecule has 7 heteroatoms. The Balaban J connectivity index is 1.67. The maximum atomic E-state index is 12.4. The number of anilines is 1. The number of carbonyl (C=O) groups is 1. The van der Waals surface area contributed by atoms with Crippen LogP contribution in [-0.2, 0) is 4.79 Å². The second kappa shape index (κ2) is 5.17. The molecule has 2 aromatic heterocycles. The largest absolute Gasteiger partial charge is 0.352 e. The molecule has 0 radical (unpaired) electrons. The first kappa shape index (κ1) is 13.9. The summed E-state index contributed by atoms with van der Waals surface area (Å²) in [5.41, 5.74) is 2.22. The Hall–Kier alpha value is -1.73. The number of nitrogens with zero attached hydrogens (tertiary/aromatic N) is 5. The number of hydrogen-bond donors (Lipinski definition) is 0. The zero-order valence-electron chi connectivity index (χ0n) is 12.8. The maximum Gasteiger partial charge on any atom is 0.241 e. The third-order valence-electron chi connectivity index (χ3n) is 4.69. The normalized spacial score (nSPS) is 23.2. The molecule has 4 rings (SSSR count). The minimum atomic E-state index is -0.0430. The summed E-state index contributed by atoms with van der Waals surface area (Å²) in [6.45, 7) is 6.42. The Morgan fingerprint density at radius 2 is 2.05 bits per heavy atom. The van der Waals surface area contributed by atoms with Crippen molar-refractivity contribution in [2.45, 2.75) is 13.0 Å². The van der Waals surface area contributed by atoms with Crippen molar-refractivity contribution in [1.82, 2.24) is 19.8 Å². The Morgan fingerprint density at radius 3 is 2.91 bits per heavy atom. The van der Waals surface area contributed by atoms with E-state index >= 15 is 0 Å². The van der Waals surface area contributed by atoms with Gasteiger partial charge in [0.2, 0.25) is 5.91 Å². The summed E-state index contributed by atoms with van der Waals surface area (Å²) in [4.78, 5) is 27.7. The van der Waals surface area contributed by atoms with Gasteiger partial charge in [-0.2, -0.15) is 0 Å². The maximum absolute atomic E-state index is 12.4. The first-order valence-electron chi connectivity index (χ1n) is 7.58. The predicted molar refractivity (Wildman–Crippen MR) is 87.4 cm³/mol. The molecule has 2 aliphatic rings. The summed E-state index contributed by atoms with van der Waals surface area (Å²) in [6, 6.07) is -0.0430. The highest BCUT2D eigenvalue weighted by Crippen LogP contribution is 2.32. The molecule has 22 heavy (non-hydrogen) atoms. The monoisotopic (exact) mass is 317 g/mol. The van der Waals surface area contributed by atoms with E-state index in [1.54, 1.807) is 17.7 Å². The molecule has 2 aliphatic heterocycles. The molecule has 116 valence electrons.